The molecule has 0 saturated carbocycles. The minimum Gasteiger partial charge on any atom is -0.387 e. The van der Waals surface area contributed by atoms with E-state index in [4.69, 9.17) is 20.3 Å². The largest absolute Gasteiger partial charge is 0.387 e. The molecule has 0 radical (unpaired) electrons. The number of hydrogen-bond donors (Lipinski definition) is 5. The molecule has 1 amide bonds. The molecule has 4 atom stereocenters. The molecule has 6 N–H and O–H groups in total. The van der Waals surface area contributed by atoms with Crippen molar-refractivity contribution in [2.24, 2.45) is 5.73 Å². The smallest absolute Gasteiger partial charge is 0.321 e. The monoisotopic (exact) mass is 351 g/mol. The highest BCUT2D eigenvalue weighted by Gasteiger charge is 2.48. The lowest BCUT2D eigenvalue weighted by atomic mass is 10.1. The van der Waals surface area contributed by atoms with Crippen LogP contribution < -0.4 is 10.3 Å². The van der Waals surface area contributed by atoms with E-state index in [1.165, 1.54) is 29.1 Å². The van der Waals surface area contributed by atoms with Gasteiger partial charge in [-0.1, -0.05) is 0 Å². The maximum atomic E-state index is 11.2. The molecule has 22 heavy (non-hydrogen) atoms. The minimum absolute atomic E-state index is 0.203. The van der Waals surface area contributed by atoms with Crippen molar-refractivity contribution in [3.63, 3.8) is 0 Å². The minimum atomic E-state index is -3.88. The summed E-state index contributed by atoms with van der Waals surface area (Å²) in [5.74, 6) is -0.650. The highest BCUT2D eigenvalue weighted by atomic mass is 32.5. The quantitative estimate of drug-likeness (QED) is 0.300. The van der Waals surface area contributed by atoms with Crippen LogP contribution in [0.15, 0.2) is 24.5 Å². The summed E-state index contributed by atoms with van der Waals surface area (Å²) in [6.45, 7) is -4.28. The van der Waals surface area contributed by atoms with Gasteiger partial charge in [0.2, 0.25) is 0 Å². The fraction of sp³-hybridized carbons (Fsp3) is 0.455. The van der Waals surface area contributed by atoms with E-state index in [2.05, 4.69) is 16.3 Å². The Morgan fingerprint density at radius 2 is 2.14 bits per heavy atom. The first-order valence-corrected chi connectivity index (χ1v) is 8.84. The van der Waals surface area contributed by atoms with E-state index >= 15 is 0 Å². The van der Waals surface area contributed by atoms with Crippen LogP contribution in [0.2, 0.25) is 0 Å². The van der Waals surface area contributed by atoms with Gasteiger partial charge in [0.25, 0.3) is 12.1 Å². The van der Waals surface area contributed by atoms with E-state index in [1.807, 2.05) is 0 Å². The van der Waals surface area contributed by atoms with Crippen molar-refractivity contribution in [1.29, 1.82) is 0 Å². The second kappa shape index (κ2) is 6.65. The summed E-state index contributed by atoms with van der Waals surface area (Å²) in [6, 6.07) is 3.03. The molecular formula is C11H16N2O7PS+. The van der Waals surface area contributed by atoms with E-state index in [0.29, 0.717) is 0 Å². The molecule has 2 rings (SSSR count). The van der Waals surface area contributed by atoms with Gasteiger partial charge in [0, 0.05) is 6.07 Å². The number of carbonyl (C=O) groups excluding carboxylic acids is 1. The summed E-state index contributed by atoms with van der Waals surface area (Å²) < 4.78 is 11.4. The van der Waals surface area contributed by atoms with Crippen molar-refractivity contribution in [1.82, 2.24) is 0 Å². The Balaban J connectivity index is 2.14. The van der Waals surface area contributed by atoms with E-state index in [1.54, 1.807) is 0 Å². The molecule has 122 valence electrons. The number of hydrogen-bond acceptors (Lipinski definition) is 6. The van der Waals surface area contributed by atoms with Crippen LogP contribution in [0.5, 0.6) is 0 Å². The van der Waals surface area contributed by atoms with Crippen LogP contribution in [0.3, 0.4) is 0 Å². The molecule has 0 aliphatic carbocycles. The van der Waals surface area contributed by atoms with E-state index < -0.39 is 43.8 Å². The predicted molar refractivity (Wildman–Crippen MR) is 75.8 cm³/mol. The van der Waals surface area contributed by atoms with Gasteiger partial charge in [-0.05, 0) is 17.9 Å². The molecule has 0 bridgehead atoms. The third-order valence-electron chi connectivity index (χ3n) is 3.14. The molecule has 0 aromatic carbocycles. The van der Waals surface area contributed by atoms with E-state index in [-0.39, 0.29) is 5.56 Å². The summed E-state index contributed by atoms with van der Waals surface area (Å²) in [4.78, 5) is 29.2. The summed E-state index contributed by atoms with van der Waals surface area (Å²) in [6.07, 6.45) is -1.73. The Morgan fingerprint density at radius 1 is 1.45 bits per heavy atom. The van der Waals surface area contributed by atoms with Crippen LogP contribution in [0.4, 0.5) is 0 Å². The predicted octanol–water partition coefficient (Wildman–Crippen LogP) is -2.08. The highest BCUT2D eigenvalue weighted by Crippen LogP contribution is 2.38. The fourth-order valence-corrected chi connectivity index (χ4v) is 2.60. The molecule has 1 aromatic rings. The van der Waals surface area contributed by atoms with Crippen LogP contribution in [0, 0.1) is 0 Å². The van der Waals surface area contributed by atoms with Crippen LogP contribution in [0.1, 0.15) is 16.6 Å². The molecule has 1 aromatic heterocycles. The van der Waals surface area contributed by atoms with Crippen LogP contribution >= 0.6 is 6.72 Å². The molecule has 11 heteroatoms. The Morgan fingerprint density at radius 3 is 2.73 bits per heavy atom. The van der Waals surface area contributed by atoms with Gasteiger partial charge in [0.1, 0.15) is 17.8 Å². The number of ether oxygens (including phenoxy) is 1. The number of nitrogens with two attached hydrogens (primary N) is 1. The van der Waals surface area contributed by atoms with Gasteiger partial charge in [0.05, 0.1) is 6.61 Å². The van der Waals surface area contributed by atoms with Crippen molar-refractivity contribution in [3.05, 3.63) is 30.1 Å². The number of aromatic nitrogens is 1. The molecule has 0 spiro atoms. The first-order valence-electron chi connectivity index (χ1n) is 6.21. The number of primary amides is 1. The van der Waals surface area contributed by atoms with E-state index in [9.17, 15) is 15.0 Å². The van der Waals surface area contributed by atoms with Crippen molar-refractivity contribution in [2.45, 2.75) is 24.5 Å². The Labute approximate surface area is 130 Å². The summed E-state index contributed by atoms with van der Waals surface area (Å²) in [7, 11) is 0. The van der Waals surface area contributed by atoms with Crippen molar-refractivity contribution < 1.29 is 38.6 Å². The third kappa shape index (κ3) is 4.06. The standard InChI is InChI=1S/C11H15N2O7PS/c12-10(16)6-2-1-3-13(4-6)11-9(15)8(14)7(20-11)5-19-21(17,18)22/h1-4,7-9,11,14-15H,5H2,(H3-,12,16,17,18,22)/p+1/t7-,8-,9-,11?/m1/s1. The molecule has 1 saturated heterocycles. The Hall–Kier alpha value is -0.970. The fourth-order valence-electron chi connectivity index (χ4n) is 2.08. The molecule has 1 aliphatic heterocycles. The lowest BCUT2D eigenvalue weighted by Crippen LogP contribution is -2.46. The zero-order valence-corrected chi connectivity index (χ0v) is 12.9. The van der Waals surface area contributed by atoms with Gasteiger partial charge >= 0.3 is 6.72 Å². The van der Waals surface area contributed by atoms with Crippen molar-refractivity contribution in [2.75, 3.05) is 6.61 Å². The van der Waals surface area contributed by atoms with Crippen LogP contribution in [-0.4, -0.2) is 50.8 Å². The van der Waals surface area contributed by atoms with Crippen LogP contribution in [0.25, 0.3) is 0 Å². The lowest BCUT2D eigenvalue weighted by Gasteiger charge is -2.15. The van der Waals surface area contributed by atoms with Gasteiger partial charge < -0.3 is 35.0 Å². The number of aliphatic hydroxyl groups is 2. The maximum Gasteiger partial charge on any atom is 0.321 e. The van der Waals surface area contributed by atoms with Crippen LogP contribution in [-0.2, 0) is 21.1 Å². The van der Waals surface area contributed by atoms with E-state index in [0.717, 1.165) is 0 Å². The first-order chi connectivity index (χ1) is 10.2. The van der Waals surface area contributed by atoms with Gasteiger partial charge in [0.15, 0.2) is 18.5 Å². The van der Waals surface area contributed by atoms with Gasteiger partial charge in [-0.25, -0.2) is 0 Å². The molecule has 2 heterocycles. The average molecular weight is 351 g/mol. The average Bonchev–Trinajstić information content (AvgIpc) is 2.72. The molecule has 1 fully saturated rings. The summed E-state index contributed by atoms with van der Waals surface area (Å²) >= 11 is 4.30. The third-order valence-corrected chi connectivity index (χ3v) is 3.95. The topological polar surface area (TPSA) is 146 Å². The maximum absolute atomic E-state index is 11.2. The second-order valence-corrected chi connectivity index (χ2v) is 7.40. The molecule has 9 nitrogen and oxygen atoms in total. The number of amides is 1. The number of rotatable bonds is 5. The normalized spacial score (nSPS) is 28.7. The first kappa shape index (κ1) is 17.4. The zero-order valence-electron chi connectivity index (χ0n) is 11.2. The van der Waals surface area contributed by atoms with Gasteiger partial charge in [-0.2, -0.15) is 4.57 Å². The molecular weight excluding hydrogens is 335 g/mol. The van der Waals surface area contributed by atoms with Gasteiger partial charge in [-0.3, -0.25) is 4.79 Å². The summed E-state index contributed by atoms with van der Waals surface area (Å²) in [5, 5.41) is 20.0. The highest BCUT2D eigenvalue weighted by molar-refractivity contribution is 8.06. The van der Waals surface area contributed by atoms with Gasteiger partial charge in [-0.15, -0.1) is 0 Å². The molecule has 1 aliphatic rings. The number of aliphatic hydroxyl groups excluding tert-OH is 2. The second-order valence-electron chi connectivity index (χ2n) is 4.74. The molecule has 1 unspecified atom stereocenters. The Kier molecular flexibility index (Phi) is 5.25. The van der Waals surface area contributed by atoms with Crippen molar-refractivity contribution in [3.8, 4) is 0 Å². The number of nitrogens with zero attached hydrogens (tertiary/aromatic N) is 1. The lowest BCUT2D eigenvalue weighted by molar-refractivity contribution is -0.765. The number of pyridine rings is 1. The van der Waals surface area contributed by atoms with Crippen molar-refractivity contribution >= 4 is 24.4 Å². The zero-order chi connectivity index (χ0) is 16.5. The number of carbonyl (C=O) groups is 1. The summed E-state index contributed by atoms with van der Waals surface area (Å²) in [5.41, 5.74) is 5.38. The SMILES string of the molecule is NC(=O)c1ccc[n+](C2O[C@H](COP(O)(O)=S)[C@@H](O)[C@H]2O)c1. The Bertz CT molecular complexity index is 610.